The number of hydrogen-bond donors (Lipinski definition) is 0. The van der Waals surface area contributed by atoms with Gasteiger partial charge in [-0.1, -0.05) is 18.2 Å². The number of methoxy groups -OCH3 is 1. The summed E-state index contributed by atoms with van der Waals surface area (Å²) in [5, 5.41) is 4.83. The minimum atomic E-state index is 0.0409. The summed E-state index contributed by atoms with van der Waals surface area (Å²) in [5.74, 6) is 1.14. The highest BCUT2D eigenvalue weighted by Crippen LogP contribution is 2.31. The first-order chi connectivity index (χ1) is 14.3. The van der Waals surface area contributed by atoms with E-state index in [-0.39, 0.29) is 18.4 Å². The van der Waals surface area contributed by atoms with E-state index < -0.39 is 0 Å². The molecule has 0 aliphatic carbocycles. The lowest BCUT2D eigenvalue weighted by Gasteiger charge is -2.31. The largest absolute Gasteiger partial charge is 0.492 e. The van der Waals surface area contributed by atoms with Crippen LogP contribution in [0.4, 0.5) is 0 Å². The molecule has 1 fully saturated rings. The summed E-state index contributed by atoms with van der Waals surface area (Å²) in [6.45, 7) is 2.64. The fourth-order valence-electron chi connectivity index (χ4n) is 3.74. The average molecular weight is 395 g/mol. The van der Waals surface area contributed by atoms with Crippen LogP contribution >= 0.6 is 0 Å². The number of amides is 1. The molecule has 3 aromatic rings. The van der Waals surface area contributed by atoms with Crippen molar-refractivity contribution in [3.05, 3.63) is 48.4 Å². The summed E-state index contributed by atoms with van der Waals surface area (Å²) < 4.78 is 12.7. The smallest absolute Gasteiger partial charge is 0.248 e. The zero-order valence-electron chi connectivity index (χ0n) is 16.5. The van der Waals surface area contributed by atoms with Crippen molar-refractivity contribution in [1.29, 1.82) is 0 Å². The van der Waals surface area contributed by atoms with Crippen molar-refractivity contribution in [1.82, 2.24) is 24.6 Å². The van der Waals surface area contributed by atoms with Crippen molar-refractivity contribution in [2.75, 3.05) is 33.4 Å². The fraction of sp³-hybridized carbons (Fsp3) is 0.429. The number of aromatic nitrogens is 4. The van der Waals surface area contributed by atoms with Crippen molar-refractivity contribution in [2.24, 2.45) is 0 Å². The van der Waals surface area contributed by atoms with Gasteiger partial charge < -0.3 is 14.4 Å². The molecule has 1 saturated heterocycles. The van der Waals surface area contributed by atoms with Crippen LogP contribution < -0.4 is 4.74 Å². The predicted octanol–water partition coefficient (Wildman–Crippen LogP) is 2.26. The molecule has 152 valence electrons. The highest BCUT2D eigenvalue weighted by molar-refractivity contribution is 5.77. The summed E-state index contributed by atoms with van der Waals surface area (Å²) in [4.78, 5) is 22.9. The van der Waals surface area contributed by atoms with Crippen LogP contribution in [0.15, 0.2) is 42.7 Å². The van der Waals surface area contributed by atoms with Gasteiger partial charge in [0, 0.05) is 38.5 Å². The van der Waals surface area contributed by atoms with E-state index in [9.17, 15) is 4.79 Å². The second kappa shape index (κ2) is 9.00. The van der Waals surface area contributed by atoms with E-state index >= 15 is 0 Å². The van der Waals surface area contributed by atoms with Gasteiger partial charge in [-0.2, -0.15) is 5.10 Å². The van der Waals surface area contributed by atoms with Crippen LogP contribution in [-0.4, -0.2) is 64.0 Å². The predicted molar refractivity (Wildman–Crippen MR) is 108 cm³/mol. The quantitative estimate of drug-likeness (QED) is 0.610. The molecule has 1 amide bonds. The summed E-state index contributed by atoms with van der Waals surface area (Å²) >= 11 is 0. The number of para-hydroxylation sites is 1. The second-order valence-corrected chi connectivity index (χ2v) is 7.09. The van der Waals surface area contributed by atoms with Crippen molar-refractivity contribution < 1.29 is 14.3 Å². The van der Waals surface area contributed by atoms with E-state index in [4.69, 9.17) is 14.6 Å². The molecule has 0 saturated carbocycles. The van der Waals surface area contributed by atoms with Crippen molar-refractivity contribution in [3.63, 3.8) is 0 Å². The van der Waals surface area contributed by atoms with E-state index in [1.54, 1.807) is 19.5 Å². The van der Waals surface area contributed by atoms with Gasteiger partial charge in [0.1, 0.15) is 24.5 Å². The molecule has 1 aromatic carbocycles. The summed E-state index contributed by atoms with van der Waals surface area (Å²) in [5.41, 5.74) is 2.58. The average Bonchev–Trinajstić information content (AvgIpc) is 3.14. The van der Waals surface area contributed by atoms with Gasteiger partial charge in [0.2, 0.25) is 5.91 Å². The highest BCUT2D eigenvalue weighted by Gasteiger charge is 2.28. The van der Waals surface area contributed by atoms with Crippen LogP contribution in [0.5, 0.6) is 5.75 Å². The van der Waals surface area contributed by atoms with Gasteiger partial charge >= 0.3 is 0 Å². The van der Waals surface area contributed by atoms with E-state index in [1.807, 2.05) is 39.9 Å². The number of carbonyl (C=O) groups is 1. The van der Waals surface area contributed by atoms with Crippen LogP contribution in [0.2, 0.25) is 0 Å². The lowest BCUT2D eigenvalue weighted by Crippen LogP contribution is -2.39. The third-order valence-corrected chi connectivity index (χ3v) is 5.21. The maximum atomic E-state index is 12.0. The number of likely N-dealkylation sites (tertiary alicyclic amines) is 1. The van der Waals surface area contributed by atoms with Crippen molar-refractivity contribution >= 4 is 17.1 Å². The topological polar surface area (TPSA) is 82.4 Å². The number of piperidine rings is 1. The summed E-state index contributed by atoms with van der Waals surface area (Å²) in [6, 6.07) is 9.73. The molecule has 0 spiro atoms. The van der Waals surface area contributed by atoms with Crippen LogP contribution in [0, 0.1) is 0 Å². The number of hydrogen-bond acceptors (Lipinski definition) is 6. The Morgan fingerprint density at radius 1 is 1.14 bits per heavy atom. The Labute approximate surface area is 169 Å². The molecule has 4 rings (SSSR count). The first kappa shape index (κ1) is 19.3. The minimum Gasteiger partial charge on any atom is -0.492 e. The molecule has 0 N–H and O–H groups in total. The van der Waals surface area contributed by atoms with Crippen LogP contribution in [0.3, 0.4) is 0 Å². The SMILES string of the molecule is COCC(=O)N1CCC(c2nn(CCOc3ccccc3)c3nccnc23)CC1. The van der Waals surface area contributed by atoms with Crippen molar-refractivity contribution in [2.45, 2.75) is 25.3 Å². The van der Waals surface area contributed by atoms with Gasteiger partial charge in [-0.05, 0) is 25.0 Å². The number of ether oxygens (including phenoxy) is 2. The Morgan fingerprint density at radius 2 is 1.90 bits per heavy atom. The first-order valence-corrected chi connectivity index (χ1v) is 9.88. The van der Waals surface area contributed by atoms with Gasteiger partial charge in [0.25, 0.3) is 0 Å². The summed E-state index contributed by atoms with van der Waals surface area (Å²) in [6.07, 6.45) is 5.11. The van der Waals surface area contributed by atoms with E-state index in [0.29, 0.717) is 26.2 Å². The minimum absolute atomic E-state index is 0.0409. The molecule has 0 atom stereocenters. The molecule has 29 heavy (non-hydrogen) atoms. The molecular formula is C21H25N5O3. The summed E-state index contributed by atoms with van der Waals surface area (Å²) in [7, 11) is 1.55. The fourth-order valence-corrected chi connectivity index (χ4v) is 3.74. The zero-order chi connectivity index (χ0) is 20.1. The number of nitrogens with zero attached hydrogens (tertiary/aromatic N) is 5. The molecule has 8 heteroatoms. The zero-order valence-corrected chi connectivity index (χ0v) is 16.5. The number of fused-ring (bicyclic) bond motifs is 1. The Balaban J connectivity index is 1.46. The van der Waals surface area contributed by atoms with Gasteiger partial charge in [-0.15, -0.1) is 0 Å². The number of benzene rings is 1. The van der Waals surface area contributed by atoms with Crippen LogP contribution in [0.1, 0.15) is 24.5 Å². The monoisotopic (exact) mass is 395 g/mol. The Hall–Kier alpha value is -3.00. The molecule has 1 aliphatic rings. The standard InChI is InChI=1S/C21H25N5O3/c1-28-15-18(27)25-11-7-16(8-12-25)19-20-21(23-10-9-22-20)26(24-19)13-14-29-17-5-3-2-4-6-17/h2-6,9-10,16H,7-8,11-15H2,1H3. The highest BCUT2D eigenvalue weighted by atomic mass is 16.5. The van der Waals surface area contributed by atoms with E-state index in [0.717, 1.165) is 35.4 Å². The third kappa shape index (κ3) is 4.37. The Kier molecular flexibility index (Phi) is 6.00. The molecule has 8 nitrogen and oxygen atoms in total. The third-order valence-electron chi connectivity index (χ3n) is 5.21. The van der Waals surface area contributed by atoms with Crippen LogP contribution in [-0.2, 0) is 16.1 Å². The molecule has 0 unspecified atom stereocenters. The maximum Gasteiger partial charge on any atom is 0.248 e. The maximum absolute atomic E-state index is 12.0. The molecule has 0 bridgehead atoms. The molecule has 0 radical (unpaired) electrons. The van der Waals surface area contributed by atoms with Gasteiger partial charge in [-0.3, -0.25) is 4.79 Å². The number of carbonyl (C=O) groups excluding carboxylic acids is 1. The van der Waals surface area contributed by atoms with Crippen molar-refractivity contribution in [3.8, 4) is 5.75 Å². The molecular weight excluding hydrogens is 370 g/mol. The number of rotatable bonds is 7. The van der Waals surface area contributed by atoms with Crippen LogP contribution in [0.25, 0.3) is 11.2 Å². The van der Waals surface area contributed by atoms with E-state index in [1.165, 1.54) is 0 Å². The molecule has 2 aromatic heterocycles. The van der Waals surface area contributed by atoms with Gasteiger partial charge in [-0.25, -0.2) is 14.6 Å². The first-order valence-electron chi connectivity index (χ1n) is 9.88. The lowest BCUT2D eigenvalue weighted by molar-refractivity contribution is -0.136. The van der Waals surface area contributed by atoms with Gasteiger partial charge in [0.15, 0.2) is 5.65 Å². The Morgan fingerprint density at radius 3 is 2.66 bits per heavy atom. The lowest BCUT2D eigenvalue weighted by atomic mass is 9.93. The van der Waals surface area contributed by atoms with Gasteiger partial charge in [0.05, 0.1) is 12.2 Å². The van der Waals surface area contributed by atoms with E-state index in [2.05, 4.69) is 9.97 Å². The Bertz CT molecular complexity index is 951. The molecule has 3 heterocycles. The second-order valence-electron chi connectivity index (χ2n) is 7.09. The normalized spacial score (nSPS) is 15.0. The molecule has 1 aliphatic heterocycles.